The predicted octanol–water partition coefficient (Wildman–Crippen LogP) is 2.46. The molecule has 1 fully saturated rings. The molecule has 21 heavy (non-hydrogen) atoms. The third-order valence-corrected chi connectivity index (χ3v) is 4.12. The van der Waals surface area contributed by atoms with Crippen molar-refractivity contribution in [1.82, 2.24) is 9.80 Å². The summed E-state index contributed by atoms with van der Waals surface area (Å²) in [6, 6.07) is 3.24. The first-order valence-corrected chi connectivity index (χ1v) is 7.77. The van der Waals surface area contributed by atoms with Crippen LogP contribution in [0.15, 0.2) is 22.8 Å². The van der Waals surface area contributed by atoms with E-state index in [0.717, 1.165) is 32.6 Å². The number of hydrogen-bond acceptors (Lipinski definition) is 4. The van der Waals surface area contributed by atoms with E-state index in [2.05, 4.69) is 25.7 Å². The summed E-state index contributed by atoms with van der Waals surface area (Å²) in [5, 5.41) is 9.55. The first-order valence-electron chi connectivity index (χ1n) is 7.77. The van der Waals surface area contributed by atoms with E-state index < -0.39 is 12.0 Å². The maximum Gasteiger partial charge on any atom is 0.328 e. The molecule has 1 N–H and O–H groups in total. The van der Waals surface area contributed by atoms with Crippen LogP contribution >= 0.6 is 0 Å². The van der Waals surface area contributed by atoms with Gasteiger partial charge in [0.15, 0.2) is 6.04 Å². The first kappa shape index (κ1) is 16.0. The Morgan fingerprint density at radius 3 is 2.76 bits per heavy atom. The number of rotatable bonds is 6. The van der Waals surface area contributed by atoms with Gasteiger partial charge in [0.2, 0.25) is 0 Å². The number of furan rings is 1. The number of carboxylic acid groups (broad SMARTS) is 1. The molecule has 118 valence electrons. The van der Waals surface area contributed by atoms with E-state index in [1.165, 1.54) is 6.26 Å². The molecular weight excluding hydrogens is 268 g/mol. The molecule has 0 spiro atoms. The molecule has 0 amide bonds. The van der Waals surface area contributed by atoms with Crippen LogP contribution in [-0.4, -0.2) is 53.1 Å². The number of aliphatic carboxylic acids is 1. The van der Waals surface area contributed by atoms with Gasteiger partial charge < -0.3 is 9.52 Å². The van der Waals surface area contributed by atoms with E-state index in [0.29, 0.717) is 17.7 Å². The molecular formula is C16H26N2O3. The summed E-state index contributed by atoms with van der Waals surface area (Å²) >= 11 is 0. The molecule has 0 aromatic carbocycles. The molecule has 2 rings (SSSR count). The Morgan fingerprint density at radius 2 is 2.24 bits per heavy atom. The highest BCUT2D eigenvalue weighted by molar-refractivity contribution is 5.74. The maximum absolute atomic E-state index is 11.6. The van der Waals surface area contributed by atoms with Gasteiger partial charge in [0.1, 0.15) is 5.76 Å². The number of hydrogen-bond donors (Lipinski definition) is 1. The number of carbonyl (C=O) groups is 1. The Kier molecular flexibility index (Phi) is 5.42. The van der Waals surface area contributed by atoms with Crippen LogP contribution in [0.25, 0.3) is 0 Å². The molecule has 1 aromatic rings. The smallest absolute Gasteiger partial charge is 0.328 e. The normalized spacial score (nSPS) is 22.6. The standard InChI is InChI=1S/C16H26N2O3/c1-4-13-11-18(8-7-17(13)10-12(2)3)15(16(19)20)14-6-5-9-21-14/h5-6,9,12-13,15H,4,7-8,10-11H2,1-3H3,(H,19,20). The van der Waals surface area contributed by atoms with Crippen molar-refractivity contribution in [3.63, 3.8) is 0 Å². The second-order valence-electron chi connectivity index (χ2n) is 6.20. The quantitative estimate of drug-likeness (QED) is 0.873. The summed E-state index contributed by atoms with van der Waals surface area (Å²) in [4.78, 5) is 16.2. The van der Waals surface area contributed by atoms with Gasteiger partial charge in [-0.3, -0.25) is 14.6 Å². The molecule has 2 unspecified atom stereocenters. The Hall–Kier alpha value is -1.33. The minimum atomic E-state index is -0.836. The van der Waals surface area contributed by atoms with Gasteiger partial charge >= 0.3 is 5.97 Å². The SMILES string of the molecule is CCC1CN(C(C(=O)O)c2ccco2)CCN1CC(C)C. The number of piperazine rings is 1. The minimum absolute atomic E-state index is 0.415. The number of nitrogens with zero attached hydrogens (tertiary/aromatic N) is 2. The van der Waals surface area contributed by atoms with Gasteiger partial charge in [-0.05, 0) is 24.5 Å². The maximum atomic E-state index is 11.6. The van der Waals surface area contributed by atoms with Gasteiger partial charge in [0, 0.05) is 32.2 Å². The summed E-state index contributed by atoms with van der Waals surface area (Å²) in [7, 11) is 0. The Labute approximate surface area is 126 Å². The molecule has 5 heteroatoms. The lowest BCUT2D eigenvalue weighted by atomic mass is 10.0. The molecule has 1 aliphatic rings. The van der Waals surface area contributed by atoms with Crippen LogP contribution in [0, 0.1) is 5.92 Å². The average Bonchev–Trinajstić information content (AvgIpc) is 2.93. The van der Waals surface area contributed by atoms with Gasteiger partial charge in [-0.15, -0.1) is 0 Å². The van der Waals surface area contributed by atoms with E-state index in [1.807, 2.05) is 4.90 Å². The third kappa shape index (κ3) is 3.86. The van der Waals surface area contributed by atoms with E-state index in [9.17, 15) is 9.90 Å². The van der Waals surface area contributed by atoms with Crippen LogP contribution < -0.4 is 0 Å². The monoisotopic (exact) mass is 294 g/mol. The van der Waals surface area contributed by atoms with Gasteiger partial charge in [-0.25, -0.2) is 0 Å². The van der Waals surface area contributed by atoms with Gasteiger partial charge in [-0.2, -0.15) is 0 Å². The van der Waals surface area contributed by atoms with Crippen molar-refractivity contribution in [2.45, 2.75) is 39.3 Å². The molecule has 5 nitrogen and oxygen atoms in total. The van der Waals surface area contributed by atoms with Crippen molar-refractivity contribution in [2.75, 3.05) is 26.2 Å². The molecule has 0 bridgehead atoms. The van der Waals surface area contributed by atoms with Gasteiger partial charge in [-0.1, -0.05) is 20.8 Å². The van der Waals surface area contributed by atoms with Crippen LogP contribution in [0.2, 0.25) is 0 Å². The predicted molar refractivity (Wildman–Crippen MR) is 81.1 cm³/mol. The van der Waals surface area contributed by atoms with Crippen molar-refractivity contribution in [3.8, 4) is 0 Å². The fourth-order valence-electron chi connectivity index (χ4n) is 3.15. The topological polar surface area (TPSA) is 56.9 Å². The highest BCUT2D eigenvalue weighted by Crippen LogP contribution is 2.26. The lowest BCUT2D eigenvalue weighted by Gasteiger charge is -2.43. The zero-order valence-corrected chi connectivity index (χ0v) is 13.2. The minimum Gasteiger partial charge on any atom is -0.480 e. The fourth-order valence-corrected chi connectivity index (χ4v) is 3.15. The molecule has 1 saturated heterocycles. The number of carboxylic acids is 1. The molecule has 1 aliphatic heterocycles. The highest BCUT2D eigenvalue weighted by Gasteiger charge is 2.35. The summed E-state index contributed by atoms with van der Waals surface area (Å²) in [6.07, 6.45) is 2.57. The van der Waals surface area contributed by atoms with Crippen molar-refractivity contribution in [1.29, 1.82) is 0 Å². The Morgan fingerprint density at radius 1 is 1.48 bits per heavy atom. The van der Waals surface area contributed by atoms with Crippen LogP contribution in [0.5, 0.6) is 0 Å². The Bertz CT molecular complexity index is 444. The van der Waals surface area contributed by atoms with E-state index in [1.54, 1.807) is 12.1 Å². The van der Waals surface area contributed by atoms with E-state index in [-0.39, 0.29) is 0 Å². The highest BCUT2D eigenvalue weighted by atomic mass is 16.4. The van der Waals surface area contributed by atoms with Gasteiger partial charge in [0.25, 0.3) is 0 Å². The summed E-state index contributed by atoms with van der Waals surface area (Å²) in [5.74, 6) is 0.317. The van der Waals surface area contributed by atoms with Crippen LogP contribution in [0.1, 0.15) is 39.0 Å². The average molecular weight is 294 g/mol. The zero-order chi connectivity index (χ0) is 15.4. The summed E-state index contributed by atoms with van der Waals surface area (Å²) in [6.45, 7) is 10.2. The summed E-state index contributed by atoms with van der Waals surface area (Å²) in [5.41, 5.74) is 0. The molecule has 2 atom stereocenters. The molecule has 1 aromatic heterocycles. The lowest BCUT2D eigenvalue weighted by Crippen LogP contribution is -2.55. The van der Waals surface area contributed by atoms with Crippen molar-refractivity contribution < 1.29 is 14.3 Å². The molecule has 2 heterocycles. The lowest BCUT2D eigenvalue weighted by molar-refractivity contribution is -0.145. The largest absolute Gasteiger partial charge is 0.480 e. The van der Waals surface area contributed by atoms with Gasteiger partial charge in [0.05, 0.1) is 6.26 Å². The van der Waals surface area contributed by atoms with Crippen LogP contribution in [-0.2, 0) is 4.79 Å². The van der Waals surface area contributed by atoms with Crippen LogP contribution in [0.3, 0.4) is 0 Å². The van der Waals surface area contributed by atoms with Crippen molar-refractivity contribution in [3.05, 3.63) is 24.2 Å². The third-order valence-electron chi connectivity index (χ3n) is 4.12. The molecule has 0 saturated carbocycles. The van der Waals surface area contributed by atoms with Crippen LogP contribution in [0.4, 0.5) is 0 Å². The summed E-state index contributed by atoms with van der Waals surface area (Å²) < 4.78 is 5.33. The second-order valence-corrected chi connectivity index (χ2v) is 6.20. The zero-order valence-electron chi connectivity index (χ0n) is 13.2. The van der Waals surface area contributed by atoms with Crippen molar-refractivity contribution >= 4 is 5.97 Å². The Balaban J connectivity index is 2.09. The molecule has 0 aliphatic carbocycles. The first-order chi connectivity index (χ1) is 10.0. The van der Waals surface area contributed by atoms with Crippen molar-refractivity contribution in [2.24, 2.45) is 5.92 Å². The second kappa shape index (κ2) is 7.09. The van der Waals surface area contributed by atoms with E-state index in [4.69, 9.17) is 4.42 Å². The molecule has 0 radical (unpaired) electrons. The van der Waals surface area contributed by atoms with E-state index >= 15 is 0 Å². The fraction of sp³-hybridized carbons (Fsp3) is 0.688.